The van der Waals surface area contributed by atoms with E-state index in [0.717, 1.165) is 24.0 Å². The lowest BCUT2D eigenvalue weighted by Crippen LogP contribution is -2.37. The van der Waals surface area contributed by atoms with Crippen molar-refractivity contribution in [3.8, 4) is 0 Å². The Hall–Kier alpha value is -2.66. The minimum atomic E-state index is -0.647. The normalized spacial score (nSPS) is 14.6. The molecule has 2 amide bonds. The highest BCUT2D eigenvalue weighted by atomic mass is 16.2. The third-order valence-corrected chi connectivity index (χ3v) is 4.31. The van der Waals surface area contributed by atoms with Crippen molar-refractivity contribution in [1.82, 2.24) is 5.32 Å². The Bertz CT molecular complexity index is 770. The second-order valence-corrected chi connectivity index (χ2v) is 6.56. The predicted octanol–water partition coefficient (Wildman–Crippen LogP) is 2.40. The summed E-state index contributed by atoms with van der Waals surface area (Å²) in [6, 6.07) is 14.6. The number of anilines is 1. The number of carbonyl (C=O) groups is 2. The molecule has 130 valence electrons. The number of carbonyl (C=O) groups excluding carboxylic acids is 2. The van der Waals surface area contributed by atoms with Crippen LogP contribution in [0.1, 0.15) is 34.3 Å². The number of nitrogens with two attached hydrogens (primary N) is 1. The predicted molar refractivity (Wildman–Crippen MR) is 98.4 cm³/mol. The fraction of sp³-hybridized carbons (Fsp3) is 0.300. The van der Waals surface area contributed by atoms with Crippen LogP contribution in [0.25, 0.3) is 0 Å². The lowest BCUT2D eigenvalue weighted by atomic mass is 10.1. The fourth-order valence-corrected chi connectivity index (χ4v) is 2.58. The van der Waals surface area contributed by atoms with Gasteiger partial charge in [-0.2, -0.15) is 0 Å². The molecule has 0 unspecified atom stereocenters. The van der Waals surface area contributed by atoms with Gasteiger partial charge in [0.15, 0.2) is 0 Å². The Morgan fingerprint density at radius 3 is 2.56 bits per heavy atom. The summed E-state index contributed by atoms with van der Waals surface area (Å²) >= 11 is 0. The average molecular weight is 337 g/mol. The molecule has 1 aliphatic rings. The summed E-state index contributed by atoms with van der Waals surface area (Å²) in [6.07, 6.45) is 2.54. The van der Waals surface area contributed by atoms with E-state index >= 15 is 0 Å². The molecule has 1 fully saturated rings. The molecule has 4 N–H and O–H groups in total. The fourth-order valence-electron chi connectivity index (χ4n) is 2.58. The van der Waals surface area contributed by atoms with Gasteiger partial charge in [-0.1, -0.05) is 36.4 Å². The molecule has 2 aromatic carbocycles. The Balaban J connectivity index is 1.66. The molecule has 0 bridgehead atoms. The third-order valence-electron chi connectivity index (χ3n) is 4.31. The Morgan fingerprint density at radius 1 is 1.16 bits per heavy atom. The first-order chi connectivity index (χ1) is 12.0. The minimum absolute atomic E-state index is 0.105. The quantitative estimate of drug-likeness (QED) is 0.757. The summed E-state index contributed by atoms with van der Waals surface area (Å²) in [5.74, 6) is -0.363. The summed E-state index contributed by atoms with van der Waals surface area (Å²) in [5, 5.41) is 5.80. The lowest BCUT2D eigenvalue weighted by Gasteiger charge is -2.15. The van der Waals surface area contributed by atoms with Crippen LogP contribution in [0.15, 0.2) is 48.5 Å². The van der Waals surface area contributed by atoms with Crippen LogP contribution < -0.4 is 16.4 Å². The van der Waals surface area contributed by atoms with Crippen LogP contribution in [-0.2, 0) is 11.2 Å². The Kier molecular flexibility index (Phi) is 5.14. The van der Waals surface area contributed by atoms with Crippen LogP contribution in [0.5, 0.6) is 0 Å². The van der Waals surface area contributed by atoms with Crippen molar-refractivity contribution in [2.75, 3.05) is 5.32 Å². The van der Waals surface area contributed by atoms with E-state index < -0.39 is 6.04 Å². The van der Waals surface area contributed by atoms with Crippen molar-refractivity contribution in [2.24, 2.45) is 5.73 Å². The smallest absolute Gasteiger partial charge is 0.251 e. The maximum absolute atomic E-state index is 12.4. The van der Waals surface area contributed by atoms with Gasteiger partial charge >= 0.3 is 0 Å². The van der Waals surface area contributed by atoms with E-state index in [1.807, 2.05) is 43.3 Å². The molecular formula is C20H23N3O2. The van der Waals surface area contributed by atoms with Crippen LogP contribution in [0.2, 0.25) is 0 Å². The second-order valence-electron chi connectivity index (χ2n) is 6.56. The van der Waals surface area contributed by atoms with Crippen molar-refractivity contribution in [2.45, 2.75) is 38.3 Å². The van der Waals surface area contributed by atoms with E-state index in [4.69, 9.17) is 5.73 Å². The first-order valence-corrected chi connectivity index (χ1v) is 8.55. The second kappa shape index (κ2) is 7.49. The van der Waals surface area contributed by atoms with Crippen LogP contribution in [-0.4, -0.2) is 23.9 Å². The molecule has 0 radical (unpaired) electrons. The number of benzene rings is 2. The molecule has 5 nitrogen and oxygen atoms in total. The van der Waals surface area contributed by atoms with Gasteiger partial charge in [0.05, 0.1) is 6.04 Å². The van der Waals surface area contributed by atoms with E-state index in [1.165, 1.54) is 0 Å². The van der Waals surface area contributed by atoms with E-state index in [1.54, 1.807) is 12.1 Å². The van der Waals surface area contributed by atoms with Crippen LogP contribution >= 0.6 is 0 Å². The van der Waals surface area contributed by atoms with Gasteiger partial charge in [-0.25, -0.2) is 0 Å². The van der Waals surface area contributed by atoms with E-state index in [-0.39, 0.29) is 11.8 Å². The first kappa shape index (κ1) is 17.2. The van der Waals surface area contributed by atoms with Crippen molar-refractivity contribution in [3.05, 3.63) is 65.2 Å². The standard InChI is InChI=1S/C20H23N3O2/c1-13-7-8-15(19(24)22-16-9-10-16)12-18(13)23-20(25)17(21)11-14-5-3-2-4-6-14/h2-8,12,16-17H,9-11,21H2,1H3,(H,22,24)(H,23,25)/t17-/m0/s1. The highest BCUT2D eigenvalue weighted by Crippen LogP contribution is 2.21. The molecule has 0 heterocycles. The molecule has 1 atom stereocenters. The summed E-state index contributed by atoms with van der Waals surface area (Å²) in [6.45, 7) is 1.89. The van der Waals surface area contributed by atoms with Gasteiger partial charge in [-0.15, -0.1) is 0 Å². The van der Waals surface area contributed by atoms with Crippen LogP contribution in [0.3, 0.4) is 0 Å². The maximum Gasteiger partial charge on any atom is 0.251 e. The number of amides is 2. The van der Waals surface area contributed by atoms with Gasteiger partial charge < -0.3 is 16.4 Å². The zero-order chi connectivity index (χ0) is 17.8. The number of hydrogen-bond donors (Lipinski definition) is 3. The van der Waals surface area contributed by atoms with Gasteiger partial charge in [0.1, 0.15) is 0 Å². The Morgan fingerprint density at radius 2 is 1.88 bits per heavy atom. The molecule has 0 aromatic heterocycles. The molecule has 0 aliphatic heterocycles. The molecule has 3 rings (SSSR count). The SMILES string of the molecule is Cc1ccc(C(=O)NC2CC2)cc1NC(=O)[C@@H](N)Cc1ccccc1. The van der Waals surface area contributed by atoms with Crippen molar-refractivity contribution < 1.29 is 9.59 Å². The van der Waals surface area contributed by atoms with E-state index in [9.17, 15) is 9.59 Å². The minimum Gasteiger partial charge on any atom is -0.349 e. The van der Waals surface area contributed by atoms with Crippen molar-refractivity contribution >= 4 is 17.5 Å². The van der Waals surface area contributed by atoms with Crippen molar-refractivity contribution in [1.29, 1.82) is 0 Å². The molecule has 2 aromatic rings. The van der Waals surface area contributed by atoms with Gasteiger partial charge in [-0.3, -0.25) is 9.59 Å². The average Bonchev–Trinajstić information content (AvgIpc) is 3.41. The summed E-state index contributed by atoms with van der Waals surface area (Å²) in [7, 11) is 0. The summed E-state index contributed by atoms with van der Waals surface area (Å²) in [5.41, 5.74) is 9.10. The van der Waals surface area contributed by atoms with Gasteiger partial charge in [0.2, 0.25) is 5.91 Å². The van der Waals surface area contributed by atoms with Crippen LogP contribution in [0, 0.1) is 6.92 Å². The zero-order valence-corrected chi connectivity index (χ0v) is 14.3. The topological polar surface area (TPSA) is 84.2 Å². The lowest BCUT2D eigenvalue weighted by molar-refractivity contribution is -0.117. The molecule has 1 saturated carbocycles. The van der Waals surface area contributed by atoms with Gasteiger partial charge in [0, 0.05) is 17.3 Å². The Labute approximate surface area is 147 Å². The van der Waals surface area contributed by atoms with Crippen LogP contribution in [0.4, 0.5) is 5.69 Å². The molecule has 0 saturated heterocycles. The highest BCUT2D eigenvalue weighted by molar-refractivity contribution is 5.99. The number of nitrogens with one attached hydrogen (secondary N) is 2. The number of aryl methyl sites for hydroxylation is 1. The molecule has 1 aliphatic carbocycles. The third kappa shape index (κ3) is 4.67. The maximum atomic E-state index is 12.4. The summed E-state index contributed by atoms with van der Waals surface area (Å²) < 4.78 is 0. The number of hydrogen-bond acceptors (Lipinski definition) is 3. The van der Waals surface area contributed by atoms with Gasteiger partial charge in [-0.05, 0) is 49.4 Å². The monoisotopic (exact) mass is 337 g/mol. The highest BCUT2D eigenvalue weighted by Gasteiger charge is 2.24. The van der Waals surface area contributed by atoms with E-state index in [0.29, 0.717) is 23.7 Å². The molecule has 25 heavy (non-hydrogen) atoms. The van der Waals surface area contributed by atoms with Crippen molar-refractivity contribution in [3.63, 3.8) is 0 Å². The molecule has 0 spiro atoms. The molecular weight excluding hydrogens is 314 g/mol. The zero-order valence-electron chi connectivity index (χ0n) is 14.3. The summed E-state index contributed by atoms with van der Waals surface area (Å²) in [4.78, 5) is 24.6. The molecule has 5 heteroatoms. The van der Waals surface area contributed by atoms with Gasteiger partial charge in [0.25, 0.3) is 5.91 Å². The largest absolute Gasteiger partial charge is 0.349 e. The first-order valence-electron chi connectivity index (χ1n) is 8.55. The van der Waals surface area contributed by atoms with E-state index in [2.05, 4.69) is 10.6 Å². The number of rotatable bonds is 6.